The van der Waals surface area contributed by atoms with E-state index >= 15 is 0 Å². The maximum Gasteiger partial charge on any atom is 0.237 e. The van der Waals surface area contributed by atoms with Crippen molar-refractivity contribution in [1.29, 1.82) is 10.5 Å². The summed E-state index contributed by atoms with van der Waals surface area (Å²) in [5, 5.41) is 20.8. The van der Waals surface area contributed by atoms with Crippen LogP contribution in [0.1, 0.15) is 5.56 Å². The summed E-state index contributed by atoms with van der Waals surface area (Å²) in [5.74, 6) is 0.756. The van der Waals surface area contributed by atoms with Crippen LogP contribution in [0.3, 0.4) is 0 Å². The molecular formula is C17H14N4O. The summed E-state index contributed by atoms with van der Waals surface area (Å²) in [7, 11) is 0. The molecule has 0 spiro atoms. The average molecular weight is 290 g/mol. The van der Waals surface area contributed by atoms with Crippen LogP contribution in [0.5, 0.6) is 5.75 Å². The van der Waals surface area contributed by atoms with E-state index in [4.69, 9.17) is 15.3 Å². The Hall–Kier alpha value is -3.31. The lowest BCUT2D eigenvalue weighted by Crippen LogP contribution is -2.01. The van der Waals surface area contributed by atoms with Crippen molar-refractivity contribution < 1.29 is 4.74 Å². The van der Waals surface area contributed by atoms with E-state index in [1.54, 1.807) is 36.4 Å². The average Bonchev–Trinajstić information content (AvgIpc) is 2.58. The van der Waals surface area contributed by atoms with Gasteiger partial charge in [-0.25, -0.2) is 0 Å². The molecule has 0 unspecified atom stereocenters. The number of hydrogen-bond donors (Lipinski definition) is 1. The van der Waals surface area contributed by atoms with E-state index in [-0.39, 0.29) is 5.71 Å². The fraction of sp³-hybridized carbons (Fsp3) is 0.118. The number of benzene rings is 2. The van der Waals surface area contributed by atoms with Crippen LogP contribution in [0.4, 0.5) is 5.69 Å². The van der Waals surface area contributed by atoms with Gasteiger partial charge in [-0.15, -0.1) is 0 Å². The molecule has 0 bridgehead atoms. The number of ether oxygens (including phenoxy) is 1. The Balaban J connectivity index is 1.83. The number of hydrogen-bond acceptors (Lipinski definition) is 5. The summed E-state index contributed by atoms with van der Waals surface area (Å²) in [4.78, 5) is 0. The molecule has 0 saturated carbocycles. The van der Waals surface area contributed by atoms with Gasteiger partial charge in [-0.1, -0.05) is 30.3 Å². The van der Waals surface area contributed by atoms with Crippen molar-refractivity contribution in [2.75, 3.05) is 12.0 Å². The van der Waals surface area contributed by atoms with Crippen molar-refractivity contribution in [3.05, 3.63) is 60.2 Å². The second-order valence-corrected chi connectivity index (χ2v) is 4.40. The van der Waals surface area contributed by atoms with Crippen molar-refractivity contribution >= 4 is 11.4 Å². The zero-order valence-electron chi connectivity index (χ0n) is 11.9. The zero-order valence-corrected chi connectivity index (χ0v) is 11.9. The Morgan fingerprint density at radius 2 is 1.68 bits per heavy atom. The first kappa shape index (κ1) is 15.1. The van der Waals surface area contributed by atoms with Crippen LogP contribution in [0.2, 0.25) is 0 Å². The summed E-state index contributed by atoms with van der Waals surface area (Å²) >= 11 is 0. The Morgan fingerprint density at radius 1 is 1.00 bits per heavy atom. The van der Waals surface area contributed by atoms with Crippen molar-refractivity contribution in [3.63, 3.8) is 0 Å². The predicted octanol–water partition coefficient (Wildman–Crippen LogP) is 3.12. The maximum atomic E-state index is 8.58. The molecule has 2 rings (SSSR count). The topological polar surface area (TPSA) is 81.2 Å². The molecule has 2 aromatic rings. The third-order valence-corrected chi connectivity index (χ3v) is 2.87. The summed E-state index contributed by atoms with van der Waals surface area (Å²) in [6.45, 7) is 0.599. The first-order valence-corrected chi connectivity index (χ1v) is 6.72. The Kier molecular flexibility index (Phi) is 5.54. The highest BCUT2D eigenvalue weighted by molar-refractivity contribution is 6.10. The van der Waals surface area contributed by atoms with Gasteiger partial charge < -0.3 is 4.74 Å². The Morgan fingerprint density at radius 3 is 2.32 bits per heavy atom. The third-order valence-electron chi connectivity index (χ3n) is 2.87. The van der Waals surface area contributed by atoms with Crippen LogP contribution in [0.25, 0.3) is 0 Å². The standard InChI is InChI=1S/C17H14N4O/c18-12-16(13-19)21-20-15-6-8-17(9-7-15)22-11-10-14-4-2-1-3-5-14/h1-9,20H,10-11H2. The molecule has 0 fully saturated rings. The number of anilines is 1. The first-order valence-electron chi connectivity index (χ1n) is 6.72. The van der Waals surface area contributed by atoms with Crippen LogP contribution < -0.4 is 10.2 Å². The molecule has 0 amide bonds. The van der Waals surface area contributed by atoms with Crippen LogP contribution in [0, 0.1) is 22.7 Å². The van der Waals surface area contributed by atoms with Gasteiger partial charge in [-0.3, -0.25) is 5.43 Å². The van der Waals surface area contributed by atoms with Crippen LogP contribution in [0.15, 0.2) is 59.7 Å². The van der Waals surface area contributed by atoms with E-state index in [1.165, 1.54) is 5.56 Å². The molecular weight excluding hydrogens is 276 g/mol. The molecule has 2 aromatic carbocycles. The highest BCUT2D eigenvalue weighted by Crippen LogP contribution is 2.16. The smallest absolute Gasteiger partial charge is 0.237 e. The lowest BCUT2D eigenvalue weighted by Gasteiger charge is -2.07. The van der Waals surface area contributed by atoms with E-state index < -0.39 is 0 Å². The Labute approximate surface area is 129 Å². The minimum atomic E-state index is -0.219. The molecule has 5 heteroatoms. The van der Waals surface area contributed by atoms with Crippen molar-refractivity contribution in [2.24, 2.45) is 5.10 Å². The number of nitrogens with zero attached hydrogens (tertiary/aromatic N) is 3. The van der Waals surface area contributed by atoms with E-state index in [1.807, 2.05) is 18.2 Å². The highest BCUT2D eigenvalue weighted by atomic mass is 16.5. The van der Waals surface area contributed by atoms with Gasteiger partial charge in [-0.05, 0) is 29.8 Å². The normalized spacial score (nSPS) is 9.18. The molecule has 0 aromatic heterocycles. The van der Waals surface area contributed by atoms with Gasteiger partial charge in [0.05, 0.1) is 12.3 Å². The molecule has 0 radical (unpaired) electrons. The van der Waals surface area contributed by atoms with E-state index in [0.29, 0.717) is 12.3 Å². The van der Waals surface area contributed by atoms with Gasteiger partial charge in [0.1, 0.15) is 17.9 Å². The minimum absolute atomic E-state index is 0.219. The number of hydrazone groups is 1. The summed E-state index contributed by atoms with van der Waals surface area (Å²) in [5.41, 5.74) is 4.34. The van der Waals surface area contributed by atoms with Crippen molar-refractivity contribution in [3.8, 4) is 17.9 Å². The number of rotatable bonds is 6. The van der Waals surface area contributed by atoms with Crippen LogP contribution in [-0.2, 0) is 6.42 Å². The zero-order chi connectivity index (χ0) is 15.6. The first-order chi connectivity index (χ1) is 10.8. The van der Waals surface area contributed by atoms with E-state index in [0.717, 1.165) is 12.2 Å². The van der Waals surface area contributed by atoms with Gasteiger partial charge in [0.2, 0.25) is 5.71 Å². The van der Waals surface area contributed by atoms with Crippen molar-refractivity contribution in [1.82, 2.24) is 0 Å². The minimum Gasteiger partial charge on any atom is -0.493 e. The largest absolute Gasteiger partial charge is 0.493 e. The van der Waals surface area contributed by atoms with Gasteiger partial charge in [0, 0.05) is 6.42 Å². The summed E-state index contributed by atoms with van der Waals surface area (Å²) in [6, 6.07) is 20.6. The molecule has 0 aliphatic rings. The molecule has 5 nitrogen and oxygen atoms in total. The fourth-order valence-electron chi connectivity index (χ4n) is 1.75. The fourth-order valence-corrected chi connectivity index (χ4v) is 1.75. The molecule has 108 valence electrons. The van der Waals surface area contributed by atoms with Gasteiger partial charge >= 0.3 is 0 Å². The van der Waals surface area contributed by atoms with Gasteiger partial charge in [-0.2, -0.15) is 15.6 Å². The molecule has 1 N–H and O–H groups in total. The van der Waals surface area contributed by atoms with Gasteiger partial charge in [0.15, 0.2) is 0 Å². The predicted molar refractivity (Wildman–Crippen MR) is 84.4 cm³/mol. The van der Waals surface area contributed by atoms with E-state index in [2.05, 4.69) is 22.7 Å². The monoisotopic (exact) mass is 290 g/mol. The summed E-state index contributed by atoms with van der Waals surface area (Å²) < 4.78 is 5.66. The quantitative estimate of drug-likeness (QED) is 0.654. The molecule has 0 atom stereocenters. The third kappa shape index (κ3) is 4.66. The summed E-state index contributed by atoms with van der Waals surface area (Å²) in [6.07, 6.45) is 0.846. The molecule has 0 heterocycles. The highest BCUT2D eigenvalue weighted by Gasteiger charge is 1.97. The van der Waals surface area contributed by atoms with Crippen molar-refractivity contribution in [2.45, 2.75) is 6.42 Å². The number of nitriles is 2. The van der Waals surface area contributed by atoms with Crippen LogP contribution in [-0.4, -0.2) is 12.3 Å². The second kappa shape index (κ2) is 8.08. The second-order valence-electron chi connectivity index (χ2n) is 4.40. The molecule has 0 aliphatic carbocycles. The maximum absolute atomic E-state index is 8.58. The lowest BCUT2D eigenvalue weighted by molar-refractivity contribution is 0.322. The molecule has 22 heavy (non-hydrogen) atoms. The lowest BCUT2D eigenvalue weighted by atomic mass is 10.2. The van der Waals surface area contributed by atoms with Crippen LogP contribution >= 0.6 is 0 Å². The molecule has 0 saturated heterocycles. The van der Waals surface area contributed by atoms with E-state index in [9.17, 15) is 0 Å². The number of nitrogens with one attached hydrogen (secondary N) is 1. The SMILES string of the molecule is N#CC(C#N)=NNc1ccc(OCCc2ccccc2)cc1. The van der Waals surface area contributed by atoms with Gasteiger partial charge in [0.25, 0.3) is 0 Å². The molecule has 0 aliphatic heterocycles. The Bertz CT molecular complexity index is 693.